The molecule has 0 radical (unpaired) electrons. The molecule has 0 saturated carbocycles. The fourth-order valence-corrected chi connectivity index (χ4v) is 1.86. The van der Waals surface area contributed by atoms with Crippen LogP contribution in [0.2, 0.25) is 10.0 Å². The molecule has 0 unspecified atom stereocenters. The summed E-state index contributed by atoms with van der Waals surface area (Å²) in [6.07, 6.45) is 2.39. The zero-order valence-electron chi connectivity index (χ0n) is 6.80. The van der Waals surface area contributed by atoms with E-state index in [1.165, 1.54) is 6.08 Å². The number of carboxylic acids is 1. The average Bonchev–Trinajstić information content (AvgIpc) is 2.08. The smallest absolute Gasteiger partial charge is 0.328 e. The van der Waals surface area contributed by atoms with Gasteiger partial charge in [0.15, 0.2) is 0 Å². The third-order valence-electron chi connectivity index (χ3n) is 1.43. The fourth-order valence-electron chi connectivity index (χ4n) is 0.858. The van der Waals surface area contributed by atoms with E-state index < -0.39 is 5.97 Å². The third-order valence-corrected chi connectivity index (χ3v) is 2.92. The number of hydrogen-bond donors (Lipinski definition) is 1. The fraction of sp³-hybridized carbons (Fsp3) is 0. The molecule has 5 heteroatoms. The molecule has 14 heavy (non-hydrogen) atoms. The Hall–Kier alpha value is -0.510. The minimum atomic E-state index is -1.03. The minimum absolute atomic E-state index is 0.437. The summed E-state index contributed by atoms with van der Waals surface area (Å²) < 4.78 is 0.636. The van der Waals surface area contributed by atoms with Crippen molar-refractivity contribution in [2.24, 2.45) is 0 Å². The topological polar surface area (TPSA) is 37.3 Å². The lowest BCUT2D eigenvalue weighted by Crippen LogP contribution is -1.86. The van der Waals surface area contributed by atoms with Crippen LogP contribution in [0, 0.1) is 0 Å². The predicted octanol–water partition coefficient (Wildman–Crippen LogP) is 3.85. The van der Waals surface area contributed by atoms with E-state index in [0.29, 0.717) is 20.1 Å². The number of benzene rings is 1. The molecule has 1 aromatic carbocycles. The van der Waals surface area contributed by atoms with Gasteiger partial charge in [-0.15, -0.1) is 0 Å². The predicted molar refractivity (Wildman–Crippen MR) is 60.8 cm³/mol. The van der Waals surface area contributed by atoms with E-state index in [9.17, 15) is 4.79 Å². The maximum absolute atomic E-state index is 10.3. The van der Waals surface area contributed by atoms with Crippen LogP contribution < -0.4 is 0 Å². The molecule has 0 aromatic heterocycles. The molecule has 1 rings (SSSR count). The van der Waals surface area contributed by atoms with Gasteiger partial charge in [-0.2, -0.15) is 0 Å². The van der Waals surface area contributed by atoms with E-state index >= 15 is 0 Å². The Morgan fingerprint density at radius 2 is 2.07 bits per heavy atom. The van der Waals surface area contributed by atoms with Gasteiger partial charge in [0.2, 0.25) is 0 Å². The number of carboxylic acid groups (broad SMARTS) is 1. The first-order valence-corrected chi connectivity index (χ1v) is 5.11. The quantitative estimate of drug-likeness (QED) is 0.664. The zero-order valence-corrected chi connectivity index (χ0v) is 9.90. The summed E-state index contributed by atoms with van der Waals surface area (Å²) in [5.74, 6) is -1.03. The molecule has 1 aromatic rings. The summed E-state index contributed by atoms with van der Waals surface area (Å²) in [5, 5.41) is 9.36. The standard InChI is InChI=1S/C9H5BrCl2O2/c10-7-4-6(11)3-5(9(7)12)1-2-8(13)14/h1-4H,(H,13,14). The lowest BCUT2D eigenvalue weighted by Gasteiger charge is -2.01. The maximum atomic E-state index is 10.3. The molecule has 0 heterocycles. The van der Waals surface area contributed by atoms with E-state index in [0.717, 1.165) is 6.08 Å². The van der Waals surface area contributed by atoms with Crippen LogP contribution >= 0.6 is 39.1 Å². The molecule has 0 bridgehead atoms. The van der Waals surface area contributed by atoms with Gasteiger partial charge < -0.3 is 5.11 Å². The average molecular weight is 296 g/mol. The Morgan fingerprint density at radius 1 is 1.43 bits per heavy atom. The Labute approximate surface area is 99.3 Å². The van der Waals surface area contributed by atoms with Crippen LogP contribution in [0.3, 0.4) is 0 Å². The van der Waals surface area contributed by atoms with Gasteiger partial charge in [0.05, 0.1) is 5.02 Å². The van der Waals surface area contributed by atoms with Gasteiger partial charge in [-0.3, -0.25) is 0 Å². The largest absolute Gasteiger partial charge is 0.478 e. The second-order valence-corrected chi connectivity index (χ2v) is 4.13. The lowest BCUT2D eigenvalue weighted by atomic mass is 10.2. The molecule has 1 N–H and O–H groups in total. The molecule has 0 fully saturated rings. The van der Waals surface area contributed by atoms with Gasteiger partial charge in [-0.05, 0) is 39.7 Å². The number of halogens is 3. The van der Waals surface area contributed by atoms with Crippen molar-refractivity contribution < 1.29 is 9.90 Å². The molecular weight excluding hydrogens is 291 g/mol. The van der Waals surface area contributed by atoms with Gasteiger partial charge in [0.25, 0.3) is 0 Å². The molecule has 2 nitrogen and oxygen atoms in total. The van der Waals surface area contributed by atoms with Crippen LogP contribution in [-0.2, 0) is 4.79 Å². The highest BCUT2D eigenvalue weighted by atomic mass is 79.9. The van der Waals surface area contributed by atoms with Crippen LogP contribution in [0.5, 0.6) is 0 Å². The molecule has 0 saturated heterocycles. The summed E-state index contributed by atoms with van der Waals surface area (Å²) in [4.78, 5) is 10.3. The highest BCUT2D eigenvalue weighted by Crippen LogP contribution is 2.30. The molecule has 0 amide bonds. The first-order valence-electron chi connectivity index (χ1n) is 3.56. The summed E-state index contributed by atoms with van der Waals surface area (Å²) in [5.41, 5.74) is 0.563. The van der Waals surface area contributed by atoms with E-state index in [1.807, 2.05) is 0 Å². The monoisotopic (exact) mass is 294 g/mol. The second kappa shape index (κ2) is 4.82. The zero-order chi connectivity index (χ0) is 10.7. The van der Waals surface area contributed by atoms with Crippen molar-refractivity contribution in [1.29, 1.82) is 0 Å². The van der Waals surface area contributed by atoms with E-state index in [4.69, 9.17) is 28.3 Å². The van der Waals surface area contributed by atoms with Gasteiger partial charge in [-0.25, -0.2) is 4.79 Å². The number of aliphatic carboxylic acids is 1. The van der Waals surface area contributed by atoms with Gasteiger partial charge >= 0.3 is 5.97 Å². The van der Waals surface area contributed by atoms with Gasteiger partial charge in [-0.1, -0.05) is 23.2 Å². The van der Waals surface area contributed by atoms with Crippen molar-refractivity contribution in [3.63, 3.8) is 0 Å². The van der Waals surface area contributed by atoms with E-state index in [-0.39, 0.29) is 0 Å². The Morgan fingerprint density at radius 3 is 2.64 bits per heavy atom. The third kappa shape index (κ3) is 3.01. The maximum Gasteiger partial charge on any atom is 0.328 e. The van der Waals surface area contributed by atoms with Crippen molar-refractivity contribution in [2.45, 2.75) is 0 Å². The molecule has 0 aliphatic carbocycles. The normalized spacial score (nSPS) is 10.8. The molecule has 0 aliphatic heterocycles. The molecule has 0 atom stereocenters. The Balaban J connectivity index is 3.14. The van der Waals surface area contributed by atoms with Gasteiger partial charge in [0, 0.05) is 15.6 Å². The van der Waals surface area contributed by atoms with Crippen LogP contribution in [0.1, 0.15) is 5.56 Å². The molecule has 0 aliphatic rings. The van der Waals surface area contributed by atoms with Crippen molar-refractivity contribution in [2.75, 3.05) is 0 Å². The van der Waals surface area contributed by atoms with E-state index in [2.05, 4.69) is 15.9 Å². The first-order chi connectivity index (χ1) is 6.50. The molecular formula is C9H5BrCl2O2. The van der Waals surface area contributed by atoms with Crippen LogP contribution in [0.25, 0.3) is 6.08 Å². The summed E-state index contributed by atoms with van der Waals surface area (Å²) in [6, 6.07) is 3.23. The number of carbonyl (C=O) groups is 1. The molecule has 74 valence electrons. The summed E-state index contributed by atoms with van der Waals surface area (Å²) in [6.45, 7) is 0. The second-order valence-electron chi connectivity index (χ2n) is 2.46. The van der Waals surface area contributed by atoms with E-state index in [1.54, 1.807) is 12.1 Å². The highest BCUT2D eigenvalue weighted by molar-refractivity contribution is 9.10. The number of hydrogen-bond acceptors (Lipinski definition) is 1. The SMILES string of the molecule is O=C(O)C=Cc1cc(Cl)cc(Br)c1Cl. The molecule has 0 spiro atoms. The summed E-state index contributed by atoms with van der Waals surface area (Å²) >= 11 is 14.9. The van der Waals surface area contributed by atoms with Crippen molar-refractivity contribution in [1.82, 2.24) is 0 Å². The van der Waals surface area contributed by atoms with Gasteiger partial charge in [0.1, 0.15) is 0 Å². The van der Waals surface area contributed by atoms with Crippen molar-refractivity contribution in [3.8, 4) is 0 Å². The highest BCUT2D eigenvalue weighted by Gasteiger charge is 2.04. The summed E-state index contributed by atoms with van der Waals surface area (Å²) in [7, 11) is 0. The van der Waals surface area contributed by atoms with Crippen LogP contribution in [0.15, 0.2) is 22.7 Å². The Bertz CT molecular complexity index is 402. The van der Waals surface area contributed by atoms with Crippen molar-refractivity contribution in [3.05, 3.63) is 38.3 Å². The lowest BCUT2D eigenvalue weighted by molar-refractivity contribution is -0.131. The Kier molecular flexibility index (Phi) is 3.98. The van der Waals surface area contributed by atoms with Crippen LogP contribution in [0.4, 0.5) is 0 Å². The van der Waals surface area contributed by atoms with Crippen molar-refractivity contribution >= 4 is 51.2 Å². The minimum Gasteiger partial charge on any atom is -0.478 e. The van der Waals surface area contributed by atoms with Crippen LogP contribution in [-0.4, -0.2) is 11.1 Å². The number of rotatable bonds is 2. The first kappa shape index (κ1) is 11.6.